The maximum absolute atomic E-state index is 12.3. The van der Waals surface area contributed by atoms with E-state index >= 15 is 0 Å². The fraction of sp³-hybridized carbons (Fsp3) is 0.522. The van der Waals surface area contributed by atoms with Gasteiger partial charge in [0.05, 0.1) is 27.5 Å². The highest BCUT2D eigenvalue weighted by atomic mass is 35.5. The van der Waals surface area contributed by atoms with E-state index in [-0.39, 0.29) is 17.8 Å². The van der Waals surface area contributed by atoms with Gasteiger partial charge in [-0.05, 0) is 45.7 Å². The van der Waals surface area contributed by atoms with Crippen LogP contribution in [0.25, 0.3) is 0 Å². The maximum Gasteiger partial charge on any atom is 0.410 e. The average molecular weight is 542 g/mol. The lowest BCUT2D eigenvalue weighted by molar-refractivity contribution is 0.0204. The number of carbonyl (C=O) groups excluding carboxylic acids is 1. The Morgan fingerprint density at radius 3 is 2.63 bits per heavy atom. The molecule has 4 rings (SSSR count). The highest BCUT2D eigenvalue weighted by Gasteiger charge is 2.32. The molecule has 9 nitrogen and oxygen atoms in total. The Bertz CT molecular complexity index is 1230. The summed E-state index contributed by atoms with van der Waals surface area (Å²) in [5, 5.41) is 7.47. The number of piperidine rings is 1. The van der Waals surface area contributed by atoms with E-state index in [2.05, 4.69) is 5.16 Å². The quantitative estimate of drug-likeness (QED) is 0.484. The number of amides is 1. The lowest BCUT2D eigenvalue weighted by atomic mass is 9.97. The van der Waals surface area contributed by atoms with Gasteiger partial charge in [0.2, 0.25) is 0 Å². The molecule has 0 N–H and O–H groups in total. The van der Waals surface area contributed by atoms with E-state index in [1.165, 1.54) is 6.07 Å². The summed E-state index contributed by atoms with van der Waals surface area (Å²) < 4.78 is 33.9. The Balaban J connectivity index is 1.40. The van der Waals surface area contributed by atoms with E-state index in [9.17, 15) is 13.2 Å². The van der Waals surface area contributed by atoms with Gasteiger partial charge in [0.1, 0.15) is 11.3 Å². The van der Waals surface area contributed by atoms with Gasteiger partial charge in [0.25, 0.3) is 0 Å². The van der Waals surface area contributed by atoms with Crippen LogP contribution in [0.3, 0.4) is 0 Å². The minimum absolute atomic E-state index is 0.122. The smallest absolute Gasteiger partial charge is 0.410 e. The summed E-state index contributed by atoms with van der Waals surface area (Å²) in [7, 11) is -3.73. The summed E-state index contributed by atoms with van der Waals surface area (Å²) in [4.78, 5) is 24.5. The molecule has 1 unspecified atom stereocenters. The fourth-order valence-corrected chi connectivity index (χ4v) is 5.75. The molecule has 1 saturated heterocycles. The summed E-state index contributed by atoms with van der Waals surface area (Å²) in [6.45, 7) is 6.83. The minimum atomic E-state index is -3.73. The Hall–Kier alpha value is -2.37. The Kier molecular flexibility index (Phi) is 7.31. The third-order valence-electron chi connectivity index (χ3n) is 5.56. The summed E-state index contributed by atoms with van der Waals surface area (Å²) in [6, 6.07) is 4.80. The van der Waals surface area contributed by atoms with Crippen LogP contribution in [0.4, 0.5) is 4.79 Å². The number of hydrogen-bond acceptors (Lipinski definition) is 9. The summed E-state index contributed by atoms with van der Waals surface area (Å²) in [6.07, 6.45) is 2.11. The van der Waals surface area contributed by atoms with Crippen LogP contribution in [0.5, 0.6) is 5.75 Å². The van der Waals surface area contributed by atoms with Gasteiger partial charge in [-0.3, -0.25) is 0 Å². The molecule has 1 atom stereocenters. The van der Waals surface area contributed by atoms with Crippen LogP contribution in [-0.2, 0) is 19.7 Å². The van der Waals surface area contributed by atoms with Crippen LogP contribution < -0.4 is 4.18 Å². The molecule has 12 heteroatoms. The molecule has 35 heavy (non-hydrogen) atoms. The van der Waals surface area contributed by atoms with Crippen molar-refractivity contribution < 1.29 is 27.0 Å². The van der Waals surface area contributed by atoms with Crippen LogP contribution in [-0.4, -0.2) is 55.1 Å². The van der Waals surface area contributed by atoms with Gasteiger partial charge < -0.3 is 18.7 Å². The highest BCUT2D eigenvalue weighted by molar-refractivity contribution is 7.86. The predicted molar refractivity (Wildman–Crippen MR) is 134 cm³/mol. The molecule has 1 fully saturated rings. The van der Waals surface area contributed by atoms with Crippen molar-refractivity contribution in [3.63, 3.8) is 0 Å². The molecule has 2 aliphatic rings. The number of likely N-dealkylation sites (tertiary alicyclic amines) is 1. The van der Waals surface area contributed by atoms with E-state index in [0.717, 1.165) is 29.8 Å². The molecule has 3 heterocycles. The van der Waals surface area contributed by atoms with Crippen LogP contribution in [0.15, 0.2) is 28.7 Å². The topological polar surface area (TPSA) is 107 Å². The van der Waals surface area contributed by atoms with Crippen LogP contribution >= 0.6 is 22.9 Å². The molecule has 1 aromatic heterocycles. The normalized spacial score (nSPS) is 19.3. The summed E-state index contributed by atoms with van der Waals surface area (Å²) in [5.41, 5.74) is 1.30. The van der Waals surface area contributed by atoms with Gasteiger partial charge in [-0.15, -0.1) is 11.3 Å². The summed E-state index contributed by atoms with van der Waals surface area (Å²) in [5.74, 6) is 0.377. The van der Waals surface area contributed by atoms with Crippen LogP contribution in [0.2, 0.25) is 5.02 Å². The number of ether oxygens (including phenoxy) is 1. The van der Waals surface area contributed by atoms with Crippen molar-refractivity contribution in [1.82, 2.24) is 9.88 Å². The van der Waals surface area contributed by atoms with Crippen molar-refractivity contribution >= 4 is 44.9 Å². The number of benzene rings is 1. The molecule has 2 aliphatic heterocycles. The van der Waals surface area contributed by atoms with Crippen molar-refractivity contribution in [1.29, 1.82) is 0 Å². The number of aromatic nitrogens is 1. The molecule has 0 aliphatic carbocycles. The van der Waals surface area contributed by atoms with Crippen LogP contribution in [0.1, 0.15) is 68.3 Å². The first-order valence-corrected chi connectivity index (χ1v) is 14.3. The third kappa shape index (κ3) is 6.45. The highest BCUT2D eigenvalue weighted by Crippen LogP contribution is 2.40. The van der Waals surface area contributed by atoms with Gasteiger partial charge in [0, 0.05) is 30.8 Å². The van der Waals surface area contributed by atoms with Gasteiger partial charge in [-0.2, -0.15) is 8.42 Å². The maximum atomic E-state index is 12.3. The molecule has 190 valence electrons. The van der Waals surface area contributed by atoms with E-state index < -0.39 is 21.8 Å². The van der Waals surface area contributed by atoms with Crippen LogP contribution in [0, 0.1) is 0 Å². The first kappa shape index (κ1) is 25.7. The number of thiazole rings is 1. The Morgan fingerprint density at radius 1 is 1.26 bits per heavy atom. The molecule has 0 radical (unpaired) electrons. The standard InChI is InChI=1S/C23H28ClN3O6S2/c1-23(2,3)31-22(28)27-10-8-14(9-11-27)21-25-17(13-34-21)16-12-19(32-26-16)20-15(24)6-5-7-18(20)33-35(4,29)30/h5-7,13-14,19H,8-12H2,1-4H3. The van der Waals surface area contributed by atoms with Gasteiger partial charge in [-0.1, -0.05) is 22.8 Å². The molecular formula is C23H28ClN3O6S2. The Morgan fingerprint density at radius 2 is 1.97 bits per heavy atom. The third-order valence-corrected chi connectivity index (χ3v) is 7.38. The van der Waals surface area contributed by atoms with Crippen molar-refractivity contribution in [3.05, 3.63) is 44.9 Å². The largest absolute Gasteiger partial charge is 0.444 e. The number of rotatable bonds is 5. The van der Waals surface area contributed by atoms with E-state index in [1.54, 1.807) is 28.4 Å². The number of nitrogens with zero attached hydrogens (tertiary/aromatic N) is 3. The second kappa shape index (κ2) is 9.94. The van der Waals surface area contributed by atoms with Gasteiger partial charge >= 0.3 is 16.2 Å². The SMILES string of the molecule is CC(C)(C)OC(=O)N1CCC(c2nc(C3=NOC(c4c(Cl)cccc4OS(C)(=O)=O)C3)cs2)CC1. The number of hydrogen-bond donors (Lipinski definition) is 0. The molecule has 2 aromatic rings. The lowest BCUT2D eigenvalue weighted by Crippen LogP contribution is -2.41. The monoisotopic (exact) mass is 541 g/mol. The fourth-order valence-electron chi connectivity index (χ4n) is 3.99. The molecule has 1 amide bonds. The van der Waals surface area contributed by atoms with Gasteiger partial charge in [0.15, 0.2) is 11.9 Å². The first-order chi connectivity index (χ1) is 16.4. The zero-order valence-electron chi connectivity index (χ0n) is 20.0. The minimum Gasteiger partial charge on any atom is -0.444 e. The second-order valence-electron chi connectivity index (χ2n) is 9.59. The number of oxime groups is 1. The predicted octanol–water partition coefficient (Wildman–Crippen LogP) is 5.12. The number of halogens is 1. The van der Waals surface area contributed by atoms with Crippen molar-refractivity contribution in [2.75, 3.05) is 19.3 Å². The molecule has 1 aromatic carbocycles. The molecule has 0 bridgehead atoms. The zero-order valence-corrected chi connectivity index (χ0v) is 22.4. The Labute approximate surface area is 214 Å². The van der Waals surface area contributed by atoms with Crippen molar-refractivity contribution in [3.8, 4) is 5.75 Å². The molecule has 0 spiro atoms. The lowest BCUT2D eigenvalue weighted by Gasteiger charge is -2.32. The zero-order chi connectivity index (χ0) is 25.4. The number of carbonyl (C=O) groups is 1. The van der Waals surface area contributed by atoms with E-state index in [1.807, 2.05) is 26.2 Å². The van der Waals surface area contributed by atoms with Crippen molar-refractivity contribution in [2.24, 2.45) is 5.16 Å². The van der Waals surface area contributed by atoms with E-state index in [0.29, 0.717) is 35.8 Å². The van der Waals surface area contributed by atoms with E-state index in [4.69, 9.17) is 30.3 Å². The molecular weight excluding hydrogens is 514 g/mol. The van der Waals surface area contributed by atoms with Gasteiger partial charge in [-0.25, -0.2) is 9.78 Å². The average Bonchev–Trinajstić information content (AvgIpc) is 3.41. The summed E-state index contributed by atoms with van der Waals surface area (Å²) >= 11 is 7.91. The van der Waals surface area contributed by atoms with Crippen molar-refractivity contribution in [2.45, 2.75) is 57.7 Å². The second-order valence-corrected chi connectivity index (χ2v) is 12.5. The first-order valence-electron chi connectivity index (χ1n) is 11.2. The molecule has 0 saturated carbocycles.